The number of unbranched alkanes of at least 4 members (excludes halogenated alkanes) is 12. The van der Waals surface area contributed by atoms with Crippen molar-refractivity contribution in [1.29, 1.82) is 0 Å². The molecular weight excluding hydrogens is 392 g/mol. The molecule has 31 heavy (non-hydrogen) atoms. The summed E-state index contributed by atoms with van der Waals surface area (Å²) >= 11 is 0. The van der Waals surface area contributed by atoms with Crippen LogP contribution in [0.15, 0.2) is 0 Å². The summed E-state index contributed by atoms with van der Waals surface area (Å²) in [6, 6.07) is 0. The van der Waals surface area contributed by atoms with Crippen molar-refractivity contribution in [2.75, 3.05) is 33.0 Å². The van der Waals surface area contributed by atoms with Crippen molar-refractivity contribution >= 4 is 0 Å². The molecule has 5 heteroatoms. The molecular formula is C26H52O5. The second kappa shape index (κ2) is 18.3. The molecule has 1 heterocycles. The van der Waals surface area contributed by atoms with Gasteiger partial charge in [-0.15, -0.1) is 0 Å². The highest BCUT2D eigenvalue weighted by Crippen LogP contribution is 2.25. The lowest BCUT2D eigenvalue weighted by atomic mass is 9.92. The van der Waals surface area contributed by atoms with E-state index in [0.717, 1.165) is 25.4 Å². The van der Waals surface area contributed by atoms with E-state index < -0.39 is 5.41 Å². The van der Waals surface area contributed by atoms with Crippen molar-refractivity contribution in [2.45, 2.75) is 122 Å². The smallest absolute Gasteiger partial charge is 0.107 e. The molecule has 0 spiro atoms. The molecule has 1 aliphatic heterocycles. The fourth-order valence-corrected chi connectivity index (χ4v) is 4.06. The second-order valence-electron chi connectivity index (χ2n) is 10.3. The standard InChI is InChI=1S/C26H52O5/c1-23(2)16-14-12-10-8-6-4-3-5-7-9-11-13-15-17-24(25-18-30-25)31-22-26(19-27,20-28)21-29/h23-25,27-29H,3-22H2,1-2H3. The van der Waals surface area contributed by atoms with Gasteiger partial charge in [-0.2, -0.15) is 0 Å². The van der Waals surface area contributed by atoms with E-state index in [0.29, 0.717) is 0 Å². The summed E-state index contributed by atoms with van der Waals surface area (Å²) in [7, 11) is 0. The first-order valence-electron chi connectivity index (χ1n) is 13.1. The predicted molar refractivity (Wildman–Crippen MR) is 127 cm³/mol. The minimum atomic E-state index is -0.957. The first-order chi connectivity index (χ1) is 15.1. The van der Waals surface area contributed by atoms with E-state index in [1.54, 1.807) is 0 Å². The van der Waals surface area contributed by atoms with Crippen LogP contribution in [0.2, 0.25) is 0 Å². The number of epoxide rings is 1. The Balaban J connectivity index is 1.92. The average molecular weight is 445 g/mol. The molecule has 5 nitrogen and oxygen atoms in total. The molecule has 2 unspecified atom stereocenters. The first-order valence-corrected chi connectivity index (χ1v) is 13.1. The van der Waals surface area contributed by atoms with Crippen LogP contribution in [-0.4, -0.2) is 60.6 Å². The number of aliphatic hydroxyl groups is 3. The summed E-state index contributed by atoms with van der Waals surface area (Å²) in [5, 5.41) is 28.3. The molecule has 0 saturated carbocycles. The summed E-state index contributed by atoms with van der Waals surface area (Å²) < 4.78 is 11.3. The van der Waals surface area contributed by atoms with E-state index in [9.17, 15) is 15.3 Å². The molecule has 1 saturated heterocycles. The maximum atomic E-state index is 9.44. The van der Waals surface area contributed by atoms with E-state index >= 15 is 0 Å². The summed E-state index contributed by atoms with van der Waals surface area (Å²) in [6.45, 7) is 4.68. The van der Waals surface area contributed by atoms with Crippen molar-refractivity contribution in [3.05, 3.63) is 0 Å². The van der Waals surface area contributed by atoms with E-state index in [4.69, 9.17) is 9.47 Å². The highest BCUT2D eigenvalue weighted by molar-refractivity contribution is 4.83. The van der Waals surface area contributed by atoms with Gasteiger partial charge in [-0.05, 0) is 12.3 Å². The van der Waals surface area contributed by atoms with Gasteiger partial charge in [0.15, 0.2) is 0 Å². The van der Waals surface area contributed by atoms with Gasteiger partial charge < -0.3 is 24.8 Å². The Morgan fingerprint density at radius 3 is 1.45 bits per heavy atom. The molecule has 2 atom stereocenters. The maximum absolute atomic E-state index is 9.44. The van der Waals surface area contributed by atoms with Crippen LogP contribution in [0.1, 0.15) is 110 Å². The van der Waals surface area contributed by atoms with E-state index in [2.05, 4.69) is 13.8 Å². The van der Waals surface area contributed by atoms with E-state index in [-0.39, 0.29) is 38.6 Å². The Kier molecular flexibility index (Phi) is 17.0. The highest BCUT2D eigenvalue weighted by Gasteiger charge is 2.36. The van der Waals surface area contributed by atoms with Crippen molar-refractivity contribution in [2.24, 2.45) is 11.3 Å². The number of hydrogen-bond acceptors (Lipinski definition) is 5. The topological polar surface area (TPSA) is 82.5 Å². The van der Waals surface area contributed by atoms with Crippen LogP contribution < -0.4 is 0 Å². The van der Waals surface area contributed by atoms with Crippen LogP contribution in [0.5, 0.6) is 0 Å². The third-order valence-corrected chi connectivity index (χ3v) is 6.65. The largest absolute Gasteiger partial charge is 0.396 e. The van der Waals surface area contributed by atoms with Gasteiger partial charge in [0.05, 0.1) is 44.6 Å². The summed E-state index contributed by atoms with van der Waals surface area (Å²) in [5.41, 5.74) is -0.957. The second-order valence-corrected chi connectivity index (χ2v) is 10.3. The van der Waals surface area contributed by atoms with Crippen molar-refractivity contribution < 1.29 is 24.8 Å². The van der Waals surface area contributed by atoms with Gasteiger partial charge >= 0.3 is 0 Å². The lowest BCUT2D eigenvalue weighted by molar-refractivity contribution is -0.0867. The Hall–Kier alpha value is -0.200. The van der Waals surface area contributed by atoms with Gasteiger partial charge in [-0.3, -0.25) is 0 Å². The zero-order valence-corrected chi connectivity index (χ0v) is 20.5. The monoisotopic (exact) mass is 444 g/mol. The molecule has 0 aromatic rings. The Bertz CT molecular complexity index is 385. The van der Waals surface area contributed by atoms with Crippen LogP contribution in [0.4, 0.5) is 0 Å². The molecule has 0 radical (unpaired) electrons. The molecule has 0 aromatic heterocycles. The molecule has 186 valence electrons. The van der Waals surface area contributed by atoms with Gasteiger partial charge in [-0.1, -0.05) is 104 Å². The zero-order chi connectivity index (χ0) is 22.8. The van der Waals surface area contributed by atoms with Crippen LogP contribution >= 0.6 is 0 Å². The number of rotatable bonds is 23. The zero-order valence-electron chi connectivity index (χ0n) is 20.5. The highest BCUT2D eigenvalue weighted by atomic mass is 16.6. The van der Waals surface area contributed by atoms with Gasteiger partial charge in [-0.25, -0.2) is 0 Å². The van der Waals surface area contributed by atoms with E-state index in [1.807, 2.05) is 0 Å². The SMILES string of the molecule is CC(C)CCCCCCCCCCCCCCCC(OCC(CO)(CO)CO)C1CO1. The lowest BCUT2D eigenvalue weighted by Crippen LogP contribution is -2.40. The van der Waals surface area contributed by atoms with Gasteiger partial charge in [0.25, 0.3) is 0 Å². The lowest BCUT2D eigenvalue weighted by Gasteiger charge is -2.29. The summed E-state index contributed by atoms with van der Waals surface area (Å²) in [4.78, 5) is 0. The Labute approximate surface area is 191 Å². The third kappa shape index (κ3) is 14.5. The number of hydrogen-bond donors (Lipinski definition) is 3. The number of ether oxygens (including phenoxy) is 2. The maximum Gasteiger partial charge on any atom is 0.107 e. The summed E-state index contributed by atoms with van der Waals surface area (Å²) in [6.07, 6.45) is 20.0. The van der Waals surface area contributed by atoms with Crippen LogP contribution in [0, 0.1) is 11.3 Å². The normalized spacial score (nSPS) is 17.4. The van der Waals surface area contributed by atoms with Gasteiger partial charge in [0.1, 0.15) is 6.10 Å². The van der Waals surface area contributed by atoms with Crippen LogP contribution in [-0.2, 0) is 9.47 Å². The van der Waals surface area contributed by atoms with Crippen LogP contribution in [0.25, 0.3) is 0 Å². The van der Waals surface area contributed by atoms with Crippen molar-refractivity contribution in [1.82, 2.24) is 0 Å². The molecule has 0 aliphatic carbocycles. The van der Waals surface area contributed by atoms with Crippen molar-refractivity contribution in [3.8, 4) is 0 Å². The fraction of sp³-hybridized carbons (Fsp3) is 1.00. The Morgan fingerprint density at radius 1 is 0.710 bits per heavy atom. The molecule has 0 amide bonds. The van der Waals surface area contributed by atoms with Crippen LogP contribution in [0.3, 0.4) is 0 Å². The quantitative estimate of drug-likeness (QED) is 0.148. The molecule has 0 aromatic carbocycles. The van der Waals surface area contributed by atoms with Crippen molar-refractivity contribution in [3.63, 3.8) is 0 Å². The predicted octanol–water partition coefficient (Wildman–Crippen LogP) is 5.24. The fourth-order valence-electron chi connectivity index (χ4n) is 4.06. The average Bonchev–Trinajstić information content (AvgIpc) is 3.61. The molecule has 1 rings (SSSR count). The molecule has 3 N–H and O–H groups in total. The molecule has 1 aliphatic rings. The minimum absolute atomic E-state index is 0.00870. The Morgan fingerprint density at radius 2 is 1.10 bits per heavy atom. The van der Waals surface area contributed by atoms with Gasteiger partial charge in [0, 0.05) is 0 Å². The third-order valence-electron chi connectivity index (χ3n) is 6.65. The minimum Gasteiger partial charge on any atom is -0.396 e. The number of aliphatic hydroxyl groups excluding tert-OH is 3. The molecule has 1 fully saturated rings. The first kappa shape index (κ1) is 28.8. The summed E-state index contributed by atoms with van der Waals surface area (Å²) in [5.74, 6) is 0.859. The molecule has 0 bridgehead atoms. The van der Waals surface area contributed by atoms with E-state index in [1.165, 1.54) is 83.5 Å². The van der Waals surface area contributed by atoms with Gasteiger partial charge in [0.2, 0.25) is 0 Å².